The molecule has 2 aromatic carbocycles. The second-order valence-corrected chi connectivity index (χ2v) is 11.5. The second-order valence-electron chi connectivity index (χ2n) is 9.58. The van der Waals surface area contributed by atoms with Gasteiger partial charge in [0.2, 0.25) is 15.9 Å². The van der Waals surface area contributed by atoms with Gasteiger partial charge >= 0.3 is 0 Å². The van der Waals surface area contributed by atoms with E-state index in [2.05, 4.69) is 22.5 Å². The summed E-state index contributed by atoms with van der Waals surface area (Å²) >= 11 is 0. The van der Waals surface area contributed by atoms with Crippen LogP contribution in [0.1, 0.15) is 54.2 Å². The van der Waals surface area contributed by atoms with Crippen molar-refractivity contribution in [2.24, 2.45) is 5.92 Å². The van der Waals surface area contributed by atoms with Crippen LogP contribution in [0.25, 0.3) is 5.69 Å². The predicted octanol–water partition coefficient (Wildman–Crippen LogP) is 4.08. The summed E-state index contributed by atoms with van der Waals surface area (Å²) in [6, 6.07) is 17.9. The van der Waals surface area contributed by atoms with Gasteiger partial charge in [-0.2, -0.15) is 9.40 Å². The normalized spacial score (nSPS) is 19.3. The van der Waals surface area contributed by atoms with E-state index in [-0.39, 0.29) is 22.8 Å². The number of amides is 1. The molecule has 2 aliphatic rings. The Bertz CT molecular complexity index is 1330. The number of nitrogens with zero attached hydrogens (tertiary/aromatic N) is 3. The van der Waals surface area contributed by atoms with Gasteiger partial charge in [-0.15, -0.1) is 0 Å². The van der Waals surface area contributed by atoms with E-state index in [1.54, 1.807) is 18.5 Å². The van der Waals surface area contributed by atoms with E-state index < -0.39 is 10.0 Å². The topological polar surface area (TPSA) is 84.3 Å². The van der Waals surface area contributed by atoms with Crippen molar-refractivity contribution in [3.63, 3.8) is 0 Å². The maximum atomic E-state index is 13.6. The third kappa shape index (κ3) is 4.52. The number of nitrogens with one attached hydrogen (secondary N) is 1. The number of hydrogen-bond acceptors (Lipinski definition) is 4. The van der Waals surface area contributed by atoms with Gasteiger partial charge in [-0.1, -0.05) is 42.5 Å². The predicted molar refractivity (Wildman–Crippen MR) is 135 cm³/mol. The summed E-state index contributed by atoms with van der Waals surface area (Å²) in [5.74, 6) is -0.141. The molecule has 3 aromatic rings. The van der Waals surface area contributed by atoms with E-state index in [9.17, 15) is 13.2 Å². The molecule has 1 atom stereocenters. The number of rotatable bonds is 5. The van der Waals surface area contributed by atoms with Crippen molar-refractivity contribution >= 4 is 15.9 Å². The van der Waals surface area contributed by atoms with Crippen LogP contribution in [0.4, 0.5) is 0 Å². The summed E-state index contributed by atoms with van der Waals surface area (Å²) in [4.78, 5) is 13.3. The lowest BCUT2D eigenvalue weighted by Gasteiger charge is -2.32. The number of para-hydroxylation sites is 1. The van der Waals surface area contributed by atoms with Crippen LogP contribution in [-0.2, 0) is 21.2 Å². The Morgan fingerprint density at radius 1 is 0.971 bits per heavy atom. The average molecular weight is 493 g/mol. The SMILES string of the molecule is Cc1nn(-c2ccccc2)c(C)c1S(=O)(=O)N1CCC(C(=O)NC2CCCc3ccccc32)CC1. The second kappa shape index (κ2) is 9.59. The van der Waals surface area contributed by atoms with Gasteiger partial charge in [0.1, 0.15) is 4.90 Å². The van der Waals surface area contributed by atoms with E-state index in [1.807, 2.05) is 42.5 Å². The summed E-state index contributed by atoms with van der Waals surface area (Å²) < 4.78 is 30.4. The van der Waals surface area contributed by atoms with Crippen LogP contribution in [-0.4, -0.2) is 41.5 Å². The minimum atomic E-state index is -3.71. The molecule has 1 aliphatic carbocycles. The molecular formula is C27H32N4O3S. The largest absolute Gasteiger partial charge is 0.349 e. The summed E-state index contributed by atoms with van der Waals surface area (Å²) in [6.07, 6.45) is 4.10. The number of sulfonamides is 1. The van der Waals surface area contributed by atoms with Crippen LogP contribution in [0.5, 0.6) is 0 Å². The van der Waals surface area contributed by atoms with Crippen LogP contribution < -0.4 is 5.32 Å². The number of piperidine rings is 1. The minimum Gasteiger partial charge on any atom is -0.349 e. The molecule has 184 valence electrons. The molecule has 7 nitrogen and oxygen atoms in total. The number of carbonyl (C=O) groups excluding carboxylic acids is 1. The van der Waals surface area contributed by atoms with Gasteiger partial charge in [-0.25, -0.2) is 13.1 Å². The number of benzene rings is 2. The van der Waals surface area contributed by atoms with Crippen molar-refractivity contribution in [3.05, 3.63) is 77.1 Å². The first kappa shape index (κ1) is 23.8. The average Bonchev–Trinajstić information content (AvgIpc) is 3.19. The van der Waals surface area contributed by atoms with Gasteiger partial charge in [0.25, 0.3) is 0 Å². The Balaban J connectivity index is 1.27. The highest BCUT2D eigenvalue weighted by molar-refractivity contribution is 7.89. The van der Waals surface area contributed by atoms with Crippen molar-refractivity contribution in [2.75, 3.05) is 13.1 Å². The van der Waals surface area contributed by atoms with Gasteiger partial charge in [0, 0.05) is 19.0 Å². The number of aromatic nitrogens is 2. The third-order valence-corrected chi connectivity index (χ3v) is 9.49. The van der Waals surface area contributed by atoms with E-state index in [0.717, 1.165) is 24.9 Å². The Labute approximate surface area is 207 Å². The fourth-order valence-electron chi connectivity index (χ4n) is 5.50. The first-order chi connectivity index (χ1) is 16.9. The van der Waals surface area contributed by atoms with Crippen molar-refractivity contribution in [1.29, 1.82) is 0 Å². The van der Waals surface area contributed by atoms with Gasteiger partial charge in [0.15, 0.2) is 0 Å². The molecule has 8 heteroatoms. The highest BCUT2D eigenvalue weighted by atomic mass is 32.2. The molecule has 0 radical (unpaired) electrons. The van der Waals surface area contributed by atoms with Crippen LogP contribution in [0.15, 0.2) is 59.5 Å². The van der Waals surface area contributed by atoms with Gasteiger partial charge < -0.3 is 5.32 Å². The molecule has 1 fully saturated rings. The maximum absolute atomic E-state index is 13.6. The molecule has 0 bridgehead atoms. The molecular weight excluding hydrogens is 460 g/mol. The Morgan fingerprint density at radius 2 is 1.66 bits per heavy atom. The minimum absolute atomic E-state index is 0.0352. The number of hydrogen-bond donors (Lipinski definition) is 1. The molecule has 5 rings (SSSR count). The lowest BCUT2D eigenvalue weighted by molar-refractivity contribution is -0.127. The van der Waals surface area contributed by atoms with Gasteiger partial charge in [-0.05, 0) is 69.2 Å². The van der Waals surface area contributed by atoms with Crippen LogP contribution in [0.3, 0.4) is 0 Å². The zero-order valence-corrected chi connectivity index (χ0v) is 21.1. The van der Waals surface area contributed by atoms with Crippen molar-refractivity contribution in [2.45, 2.75) is 56.9 Å². The zero-order chi connectivity index (χ0) is 24.6. The standard InChI is InChI=1S/C27H32N4O3S/c1-19-26(20(2)31(29-19)23-11-4-3-5-12-23)35(33,34)30-17-15-22(16-18-30)27(32)28-25-14-8-10-21-9-6-7-13-24(21)25/h3-7,9,11-13,22,25H,8,10,14-18H2,1-2H3,(H,28,32). The van der Waals surface area contributed by atoms with E-state index in [1.165, 1.54) is 15.4 Å². The zero-order valence-electron chi connectivity index (χ0n) is 20.3. The van der Waals surface area contributed by atoms with Crippen molar-refractivity contribution in [3.8, 4) is 5.69 Å². The maximum Gasteiger partial charge on any atom is 0.246 e. The van der Waals surface area contributed by atoms with Crippen molar-refractivity contribution < 1.29 is 13.2 Å². The van der Waals surface area contributed by atoms with Crippen LogP contribution in [0, 0.1) is 19.8 Å². The molecule has 1 saturated heterocycles. The molecule has 0 saturated carbocycles. The number of aryl methyl sites for hydroxylation is 2. The lowest BCUT2D eigenvalue weighted by Crippen LogP contribution is -2.44. The number of fused-ring (bicyclic) bond motifs is 1. The van der Waals surface area contributed by atoms with Crippen LogP contribution in [0.2, 0.25) is 0 Å². The highest BCUT2D eigenvalue weighted by Gasteiger charge is 2.36. The smallest absolute Gasteiger partial charge is 0.246 e. The Hall–Kier alpha value is -2.97. The molecule has 1 aromatic heterocycles. The molecule has 0 spiro atoms. The molecule has 1 amide bonds. The highest BCUT2D eigenvalue weighted by Crippen LogP contribution is 2.32. The van der Waals surface area contributed by atoms with Gasteiger partial charge in [0.05, 0.1) is 23.1 Å². The first-order valence-electron chi connectivity index (χ1n) is 12.4. The molecule has 35 heavy (non-hydrogen) atoms. The fourth-order valence-corrected chi connectivity index (χ4v) is 7.33. The van der Waals surface area contributed by atoms with E-state index >= 15 is 0 Å². The quantitative estimate of drug-likeness (QED) is 0.582. The molecule has 1 aliphatic heterocycles. The summed E-state index contributed by atoms with van der Waals surface area (Å²) in [5.41, 5.74) is 4.45. The molecule has 1 N–H and O–H groups in total. The number of carbonyl (C=O) groups is 1. The fraction of sp³-hybridized carbons (Fsp3) is 0.407. The van der Waals surface area contributed by atoms with E-state index in [0.29, 0.717) is 37.3 Å². The van der Waals surface area contributed by atoms with Crippen LogP contribution >= 0.6 is 0 Å². The van der Waals surface area contributed by atoms with Crippen molar-refractivity contribution in [1.82, 2.24) is 19.4 Å². The summed E-state index contributed by atoms with van der Waals surface area (Å²) in [5, 5.41) is 7.76. The summed E-state index contributed by atoms with van der Waals surface area (Å²) in [6.45, 7) is 4.19. The molecule has 1 unspecified atom stereocenters. The Kier molecular flexibility index (Phi) is 6.51. The van der Waals surface area contributed by atoms with Gasteiger partial charge in [-0.3, -0.25) is 4.79 Å². The monoisotopic (exact) mass is 492 g/mol. The van der Waals surface area contributed by atoms with E-state index in [4.69, 9.17) is 0 Å². The molecule has 2 heterocycles. The summed E-state index contributed by atoms with van der Waals surface area (Å²) in [7, 11) is -3.71. The first-order valence-corrected chi connectivity index (χ1v) is 13.8. The Morgan fingerprint density at radius 3 is 2.40 bits per heavy atom. The lowest BCUT2D eigenvalue weighted by atomic mass is 9.87. The third-order valence-electron chi connectivity index (χ3n) is 7.33.